The quantitative estimate of drug-likeness (QED) is 0.296. The number of hydrogen-bond donors (Lipinski definition) is 2. The number of carbonyl (C=O) groups excluding carboxylic acids is 1. The predicted molar refractivity (Wildman–Crippen MR) is 163 cm³/mol. The summed E-state index contributed by atoms with van der Waals surface area (Å²) < 4.78 is 13.6. The third-order valence-corrected chi connectivity index (χ3v) is 7.32. The number of hydrogen-bond acceptors (Lipinski definition) is 8. The number of thiazole rings is 1. The van der Waals surface area contributed by atoms with E-state index in [4.69, 9.17) is 14.3 Å². The molecule has 0 radical (unpaired) electrons. The summed E-state index contributed by atoms with van der Waals surface area (Å²) in [7, 11) is 1.54. The van der Waals surface area contributed by atoms with E-state index in [2.05, 4.69) is 10.5 Å². The molecule has 4 rings (SSSR count). The second-order valence-corrected chi connectivity index (χ2v) is 11.8. The van der Waals surface area contributed by atoms with Gasteiger partial charge in [0.1, 0.15) is 31.1 Å². The fourth-order valence-corrected chi connectivity index (χ4v) is 5.45. The van der Waals surface area contributed by atoms with Gasteiger partial charge in [0.15, 0.2) is 0 Å². The number of fused-ring (bicyclic) bond motifs is 1. The summed E-state index contributed by atoms with van der Waals surface area (Å²) in [5.41, 5.74) is 3.90. The van der Waals surface area contributed by atoms with Gasteiger partial charge in [0.05, 0.1) is 22.5 Å². The van der Waals surface area contributed by atoms with Gasteiger partial charge in [-0.3, -0.25) is 9.36 Å². The number of aliphatic carboxylic acids is 1. The number of nitrogens with zero attached hydrogens (tertiary/aromatic N) is 2. The average Bonchev–Trinajstić information content (AvgIpc) is 3.23. The van der Waals surface area contributed by atoms with Gasteiger partial charge < -0.3 is 24.7 Å². The molecule has 1 aliphatic rings. The maximum Gasteiger partial charge on any atom is 0.408 e. The molecule has 0 spiro atoms. The van der Waals surface area contributed by atoms with Crippen LogP contribution in [0.4, 0.5) is 4.79 Å². The molecular formula is C31H35N3O7S. The molecule has 2 N–H and O–H groups in total. The van der Waals surface area contributed by atoms with Crippen LogP contribution in [0.5, 0.6) is 5.75 Å². The normalized spacial score (nSPS) is 14.9. The van der Waals surface area contributed by atoms with E-state index >= 15 is 0 Å². The number of allylic oxidation sites excluding steroid dienone is 4. The SMILES string of the molecule is CON=C1CC=CC=C1Cc1ccc2c(c1)sc(=O)n2CCOc1ccc(CC(NC(=O)OC(C)(C)C)C(=O)O)cc1. The van der Waals surface area contributed by atoms with Crippen molar-refractivity contribution in [3.8, 4) is 5.75 Å². The monoisotopic (exact) mass is 593 g/mol. The first-order valence-corrected chi connectivity index (χ1v) is 14.4. The number of nitrogens with one attached hydrogen (secondary N) is 1. The Kier molecular flexibility index (Phi) is 9.84. The number of carboxylic acid groups (broad SMARTS) is 1. The third-order valence-electron chi connectivity index (χ3n) is 6.38. The second kappa shape index (κ2) is 13.5. The second-order valence-electron chi connectivity index (χ2n) is 10.8. The van der Waals surface area contributed by atoms with Gasteiger partial charge in [-0.05, 0) is 68.2 Å². The van der Waals surface area contributed by atoms with Gasteiger partial charge in [-0.15, -0.1) is 0 Å². The third kappa shape index (κ3) is 8.32. The van der Waals surface area contributed by atoms with E-state index in [0.717, 1.165) is 33.5 Å². The van der Waals surface area contributed by atoms with E-state index < -0.39 is 23.7 Å². The number of rotatable bonds is 11. The minimum Gasteiger partial charge on any atom is -0.492 e. The first-order valence-electron chi connectivity index (χ1n) is 13.5. The van der Waals surface area contributed by atoms with Gasteiger partial charge in [-0.25, -0.2) is 9.59 Å². The standard InChI is InChI=1S/C31H35N3O7S/c1-31(2,3)41-29(37)32-25(28(35)36)18-20-9-12-23(13-10-20)40-16-15-34-26-14-11-21(19-27(26)42-30(34)38)17-22-7-5-6-8-24(22)33-39-4/h5-7,9-14,19,25H,8,15-18H2,1-4H3,(H,32,37)(H,35,36). The molecule has 0 aliphatic heterocycles. The molecule has 3 aromatic rings. The zero-order valence-electron chi connectivity index (χ0n) is 24.1. The van der Waals surface area contributed by atoms with Gasteiger partial charge >= 0.3 is 16.9 Å². The Morgan fingerprint density at radius 2 is 1.88 bits per heavy atom. The maximum atomic E-state index is 12.8. The summed E-state index contributed by atoms with van der Waals surface area (Å²) in [5.74, 6) is -0.571. The number of ether oxygens (including phenoxy) is 2. The van der Waals surface area contributed by atoms with Crippen LogP contribution in [0.15, 0.2) is 76.2 Å². The summed E-state index contributed by atoms with van der Waals surface area (Å²) in [4.78, 5) is 41.4. The van der Waals surface area contributed by atoms with Crippen molar-refractivity contribution >= 4 is 39.3 Å². The zero-order valence-corrected chi connectivity index (χ0v) is 24.9. The van der Waals surface area contributed by atoms with E-state index in [1.54, 1.807) is 56.7 Å². The van der Waals surface area contributed by atoms with Crippen LogP contribution in [0.2, 0.25) is 0 Å². The summed E-state index contributed by atoms with van der Waals surface area (Å²) >= 11 is 1.21. The van der Waals surface area contributed by atoms with Crippen molar-refractivity contribution in [1.82, 2.24) is 9.88 Å². The fourth-order valence-electron chi connectivity index (χ4n) is 4.47. The number of oxime groups is 1. The highest BCUT2D eigenvalue weighted by Gasteiger charge is 2.24. The van der Waals surface area contributed by atoms with Crippen LogP contribution in [-0.2, 0) is 33.8 Å². The van der Waals surface area contributed by atoms with Crippen LogP contribution in [0.1, 0.15) is 38.3 Å². The van der Waals surface area contributed by atoms with Crippen molar-refractivity contribution < 1.29 is 29.0 Å². The van der Waals surface area contributed by atoms with Crippen molar-refractivity contribution in [3.05, 3.63) is 87.1 Å². The largest absolute Gasteiger partial charge is 0.492 e. The van der Waals surface area contributed by atoms with E-state index in [-0.39, 0.29) is 17.9 Å². The van der Waals surface area contributed by atoms with E-state index in [1.807, 2.05) is 36.4 Å². The lowest BCUT2D eigenvalue weighted by atomic mass is 9.96. The molecule has 0 saturated carbocycles. The Morgan fingerprint density at radius 3 is 2.57 bits per heavy atom. The molecule has 1 heterocycles. The summed E-state index contributed by atoms with van der Waals surface area (Å²) in [6.07, 6.45) is 6.80. The topological polar surface area (TPSA) is 128 Å². The number of aromatic nitrogens is 1. The number of carboxylic acids is 1. The first kappa shape index (κ1) is 30.6. The van der Waals surface area contributed by atoms with Gasteiger partial charge in [0.2, 0.25) is 0 Å². The Bertz CT molecular complexity index is 1580. The lowest BCUT2D eigenvalue weighted by Gasteiger charge is -2.22. The molecule has 222 valence electrons. The Hall–Kier alpha value is -4.38. The van der Waals surface area contributed by atoms with Crippen LogP contribution >= 0.6 is 11.3 Å². The zero-order chi connectivity index (χ0) is 30.3. The molecule has 0 fully saturated rings. The number of carbonyl (C=O) groups is 2. The Morgan fingerprint density at radius 1 is 1.14 bits per heavy atom. The van der Waals surface area contributed by atoms with Gasteiger partial charge in [-0.2, -0.15) is 0 Å². The molecule has 10 nitrogen and oxygen atoms in total. The number of amides is 1. The highest BCUT2D eigenvalue weighted by molar-refractivity contribution is 7.16. The van der Waals surface area contributed by atoms with Crippen LogP contribution < -0.4 is 14.9 Å². The molecule has 1 aromatic heterocycles. The minimum absolute atomic E-state index is 0.0558. The molecule has 1 atom stereocenters. The molecule has 11 heteroatoms. The molecule has 1 unspecified atom stereocenters. The molecule has 2 aromatic carbocycles. The lowest BCUT2D eigenvalue weighted by molar-refractivity contribution is -0.139. The summed E-state index contributed by atoms with van der Waals surface area (Å²) in [5, 5.41) is 16.1. The average molecular weight is 594 g/mol. The van der Waals surface area contributed by atoms with E-state index in [9.17, 15) is 19.5 Å². The molecule has 0 saturated heterocycles. The van der Waals surface area contributed by atoms with Crippen molar-refractivity contribution in [2.75, 3.05) is 13.7 Å². The number of alkyl carbamates (subject to hydrolysis) is 1. The smallest absolute Gasteiger partial charge is 0.408 e. The molecule has 0 bridgehead atoms. The molecule has 42 heavy (non-hydrogen) atoms. The highest BCUT2D eigenvalue weighted by Crippen LogP contribution is 2.23. The van der Waals surface area contributed by atoms with Crippen LogP contribution in [0.25, 0.3) is 10.2 Å². The van der Waals surface area contributed by atoms with Crippen molar-refractivity contribution in [1.29, 1.82) is 0 Å². The van der Waals surface area contributed by atoms with Crippen LogP contribution in [0, 0.1) is 0 Å². The van der Waals surface area contributed by atoms with Gasteiger partial charge in [0, 0.05) is 12.8 Å². The van der Waals surface area contributed by atoms with Crippen molar-refractivity contribution in [3.63, 3.8) is 0 Å². The van der Waals surface area contributed by atoms with Crippen molar-refractivity contribution in [2.45, 2.75) is 58.2 Å². The molecule has 1 aliphatic carbocycles. The van der Waals surface area contributed by atoms with E-state index in [0.29, 0.717) is 24.3 Å². The van der Waals surface area contributed by atoms with E-state index in [1.165, 1.54) is 11.3 Å². The van der Waals surface area contributed by atoms with Gasteiger partial charge in [0.25, 0.3) is 0 Å². The highest BCUT2D eigenvalue weighted by atomic mass is 32.1. The molecular weight excluding hydrogens is 558 g/mol. The summed E-state index contributed by atoms with van der Waals surface area (Å²) in [6, 6.07) is 11.9. The maximum absolute atomic E-state index is 12.8. The minimum atomic E-state index is -1.16. The van der Waals surface area contributed by atoms with Gasteiger partial charge in [-0.1, -0.05) is 52.9 Å². The van der Waals surface area contributed by atoms with Crippen LogP contribution in [-0.4, -0.2) is 52.8 Å². The number of benzene rings is 2. The van der Waals surface area contributed by atoms with Crippen molar-refractivity contribution in [2.24, 2.45) is 5.16 Å². The Labute approximate surface area is 247 Å². The Balaban J connectivity index is 1.34. The lowest BCUT2D eigenvalue weighted by Crippen LogP contribution is -2.44. The fraction of sp³-hybridized carbons (Fsp3) is 0.355. The summed E-state index contributed by atoms with van der Waals surface area (Å²) in [6.45, 7) is 5.78. The molecule has 1 amide bonds. The van der Waals surface area contributed by atoms with Crippen LogP contribution in [0.3, 0.4) is 0 Å². The first-order chi connectivity index (χ1) is 20.0. The predicted octanol–water partition coefficient (Wildman–Crippen LogP) is 5.09.